The summed E-state index contributed by atoms with van der Waals surface area (Å²) in [6.07, 6.45) is 2.24. The zero-order chi connectivity index (χ0) is 15.7. The molecule has 0 saturated carbocycles. The molecule has 1 aliphatic rings. The smallest absolute Gasteiger partial charge is 0.252 e. The molecule has 116 valence electrons. The second-order valence-electron chi connectivity index (χ2n) is 7.02. The second kappa shape index (κ2) is 5.73. The van der Waals surface area contributed by atoms with Gasteiger partial charge in [-0.3, -0.25) is 4.79 Å². The van der Waals surface area contributed by atoms with Gasteiger partial charge in [-0.1, -0.05) is 36.4 Å². The fraction of sp³-hybridized carbons (Fsp3) is 0.421. The van der Waals surface area contributed by atoms with Crippen molar-refractivity contribution in [1.82, 2.24) is 5.32 Å². The highest BCUT2D eigenvalue weighted by Gasteiger charge is 2.24. The molecule has 3 heteroatoms. The monoisotopic (exact) mass is 297 g/mol. The van der Waals surface area contributed by atoms with Gasteiger partial charge in [0.1, 0.15) is 0 Å². The van der Waals surface area contributed by atoms with Crippen molar-refractivity contribution in [3.8, 4) is 0 Å². The Morgan fingerprint density at radius 1 is 1.23 bits per heavy atom. The topological polar surface area (TPSA) is 41.6 Å². The first-order chi connectivity index (χ1) is 10.4. The van der Waals surface area contributed by atoms with Gasteiger partial charge in [-0.15, -0.1) is 0 Å². The number of carbonyl (C=O) groups is 1. The molecular weight excluding hydrogens is 274 g/mol. The Morgan fingerprint density at radius 2 is 1.95 bits per heavy atom. The number of benzene rings is 2. The average Bonchev–Trinajstić information content (AvgIpc) is 3.26. The lowest BCUT2D eigenvalue weighted by Crippen LogP contribution is -2.41. The van der Waals surface area contributed by atoms with E-state index in [1.165, 1.54) is 0 Å². The highest BCUT2D eigenvalue weighted by molar-refractivity contribution is 6.08. The Labute approximate surface area is 131 Å². The zero-order valence-corrected chi connectivity index (χ0v) is 13.5. The van der Waals surface area contributed by atoms with Crippen molar-refractivity contribution < 1.29 is 9.53 Å². The molecule has 1 aliphatic heterocycles. The molecule has 22 heavy (non-hydrogen) atoms. The van der Waals surface area contributed by atoms with Gasteiger partial charge in [-0.05, 0) is 49.9 Å². The quantitative estimate of drug-likeness (QED) is 0.874. The minimum absolute atomic E-state index is 0.0102. The molecule has 2 aromatic carbocycles. The van der Waals surface area contributed by atoms with Crippen molar-refractivity contribution in [3.63, 3.8) is 0 Å². The van der Waals surface area contributed by atoms with Crippen molar-refractivity contribution in [2.24, 2.45) is 0 Å². The summed E-state index contributed by atoms with van der Waals surface area (Å²) in [5, 5.41) is 5.23. The van der Waals surface area contributed by atoms with E-state index in [1.807, 2.05) is 39.0 Å². The molecule has 1 amide bonds. The Morgan fingerprint density at radius 3 is 2.64 bits per heavy atom. The van der Waals surface area contributed by atoms with E-state index in [1.54, 1.807) is 0 Å². The number of amides is 1. The molecule has 0 aliphatic carbocycles. The minimum atomic E-state index is -0.245. The molecule has 0 unspecified atom stereocenters. The molecule has 3 rings (SSSR count). The summed E-state index contributed by atoms with van der Waals surface area (Å²) in [6.45, 7) is 6.88. The standard InChI is InChI=1S/C19H23NO2/c1-19(2,3)20-18(21)17-14(10-11-15-12-22-15)9-8-13-6-4-5-7-16(13)17/h4-9,15H,10-12H2,1-3H3,(H,20,21)/t15-/m1/s1. The van der Waals surface area contributed by atoms with Gasteiger partial charge in [-0.2, -0.15) is 0 Å². The van der Waals surface area contributed by atoms with Crippen LogP contribution < -0.4 is 5.32 Å². The molecule has 1 N–H and O–H groups in total. The maximum atomic E-state index is 12.8. The first-order valence-electron chi connectivity index (χ1n) is 7.89. The number of hydrogen-bond donors (Lipinski definition) is 1. The number of hydrogen-bond acceptors (Lipinski definition) is 2. The maximum Gasteiger partial charge on any atom is 0.252 e. The van der Waals surface area contributed by atoms with Gasteiger partial charge < -0.3 is 10.1 Å². The molecule has 3 nitrogen and oxygen atoms in total. The summed E-state index contributed by atoms with van der Waals surface area (Å²) in [5.41, 5.74) is 1.68. The minimum Gasteiger partial charge on any atom is -0.373 e. The summed E-state index contributed by atoms with van der Waals surface area (Å²) < 4.78 is 5.30. The van der Waals surface area contributed by atoms with Crippen LogP contribution in [0.2, 0.25) is 0 Å². The van der Waals surface area contributed by atoms with E-state index in [0.29, 0.717) is 6.10 Å². The van der Waals surface area contributed by atoms with Crippen molar-refractivity contribution in [2.75, 3.05) is 6.61 Å². The van der Waals surface area contributed by atoms with Crippen LogP contribution in [0.1, 0.15) is 43.1 Å². The van der Waals surface area contributed by atoms with E-state index in [4.69, 9.17) is 4.74 Å². The highest BCUT2D eigenvalue weighted by Crippen LogP contribution is 2.26. The molecule has 1 heterocycles. The van der Waals surface area contributed by atoms with E-state index < -0.39 is 0 Å². The van der Waals surface area contributed by atoms with E-state index >= 15 is 0 Å². The summed E-state index contributed by atoms with van der Waals surface area (Å²) >= 11 is 0. The summed E-state index contributed by atoms with van der Waals surface area (Å²) in [6, 6.07) is 12.3. The van der Waals surface area contributed by atoms with Crippen molar-refractivity contribution in [3.05, 3.63) is 47.5 Å². The zero-order valence-electron chi connectivity index (χ0n) is 13.5. The normalized spacial score (nSPS) is 17.5. The van der Waals surface area contributed by atoms with E-state index in [0.717, 1.165) is 41.3 Å². The first-order valence-corrected chi connectivity index (χ1v) is 7.89. The van der Waals surface area contributed by atoms with E-state index in [9.17, 15) is 4.79 Å². The largest absolute Gasteiger partial charge is 0.373 e. The molecule has 0 spiro atoms. The Kier molecular flexibility index (Phi) is 3.92. The van der Waals surface area contributed by atoms with Crippen LogP contribution >= 0.6 is 0 Å². The molecule has 1 atom stereocenters. The maximum absolute atomic E-state index is 12.8. The SMILES string of the molecule is CC(C)(C)NC(=O)c1c(CC[C@@H]2CO2)ccc2ccccc12. The predicted molar refractivity (Wildman–Crippen MR) is 89.2 cm³/mol. The molecule has 0 aromatic heterocycles. The van der Waals surface area contributed by atoms with Crippen LogP contribution in [-0.4, -0.2) is 24.2 Å². The number of nitrogens with one attached hydrogen (secondary N) is 1. The fourth-order valence-corrected chi connectivity index (χ4v) is 2.75. The molecule has 0 bridgehead atoms. The third kappa shape index (κ3) is 3.47. The van der Waals surface area contributed by atoms with Crippen molar-refractivity contribution >= 4 is 16.7 Å². The van der Waals surface area contributed by atoms with E-state index in [2.05, 4.69) is 23.5 Å². The molecule has 0 radical (unpaired) electrons. The number of aryl methyl sites for hydroxylation is 1. The molecule has 2 aromatic rings. The summed E-state index contributed by atoms with van der Waals surface area (Å²) in [7, 11) is 0. The number of carbonyl (C=O) groups excluding carboxylic acids is 1. The second-order valence-corrected chi connectivity index (χ2v) is 7.02. The van der Waals surface area contributed by atoms with Gasteiger partial charge in [0.2, 0.25) is 0 Å². The third-order valence-electron chi connectivity index (χ3n) is 3.87. The number of ether oxygens (including phenoxy) is 1. The van der Waals surface area contributed by atoms with E-state index in [-0.39, 0.29) is 11.4 Å². The van der Waals surface area contributed by atoms with Crippen LogP contribution in [0.25, 0.3) is 10.8 Å². The third-order valence-corrected chi connectivity index (χ3v) is 3.87. The van der Waals surface area contributed by atoms with Gasteiger partial charge in [0.05, 0.1) is 18.3 Å². The van der Waals surface area contributed by atoms with Crippen LogP contribution in [0, 0.1) is 0 Å². The van der Waals surface area contributed by atoms with Gasteiger partial charge >= 0.3 is 0 Å². The number of rotatable bonds is 4. The summed E-state index contributed by atoms with van der Waals surface area (Å²) in [5.74, 6) is 0.0102. The van der Waals surface area contributed by atoms with Gasteiger partial charge in [0, 0.05) is 5.54 Å². The van der Waals surface area contributed by atoms with Gasteiger partial charge in [0.15, 0.2) is 0 Å². The first kappa shape index (κ1) is 15.0. The van der Waals surface area contributed by atoms with Crippen LogP contribution in [0.4, 0.5) is 0 Å². The number of epoxide rings is 1. The van der Waals surface area contributed by atoms with Crippen LogP contribution in [-0.2, 0) is 11.2 Å². The Hall–Kier alpha value is -1.87. The molecule has 1 fully saturated rings. The Balaban J connectivity index is 2.01. The molecular formula is C19H23NO2. The fourth-order valence-electron chi connectivity index (χ4n) is 2.75. The van der Waals surface area contributed by atoms with Crippen molar-refractivity contribution in [2.45, 2.75) is 45.3 Å². The van der Waals surface area contributed by atoms with Crippen LogP contribution in [0.5, 0.6) is 0 Å². The van der Waals surface area contributed by atoms with Crippen molar-refractivity contribution in [1.29, 1.82) is 0 Å². The highest BCUT2D eigenvalue weighted by atomic mass is 16.6. The predicted octanol–water partition coefficient (Wildman–Crippen LogP) is 3.70. The lowest BCUT2D eigenvalue weighted by molar-refractivity contribution is 0.0920. The Bertz CT molecular complexity index is 696. The summed E-state index contributed by atoms with van der Waals surface area (Å²) in [4.78, 5) is 12.8. The lowest BCUT2D eigenvalue weighted by atomic mass is 9.94. The number of fused-ring (bicyclic) bond motifs is 1. The van der Waals surface area contributed by atoms with Gasteiger partial charge in [-0.25, -0.2) is 0 Å². The van der Waals surface area contributed by atoms with Crippen LogP contribution in [0.3, 0.4) is 0 Å². The van der Waals surface area contributed by atoms with Crippen LogP contribution in [0.15, 0.2) is 36.4 Å². The average molecular weight is 297 g/mol. The lowest BCUT2D eigenvalue weighted by Gasteiger charge is -2.22. The molecule has 1 saturated heterocycles. The van der Waals surface area contributed by atoms with Gasteiger partial charge in [0.25, 0.3) is 5.91 Å².